The van der Waals surface area contributed by atoms with Crippen LogP contribution in [0.1, 0.15) is 33.3 Å². The molecule has 3 heteroatoms. The van der Waals surface area contributed by atoms with Gasteiger partial charge in [-0.15, -0.1) is 12.4 Å². The van der Waals surface area contributed by atoms with Crippen molar-refractivity contribution >= 4 is 18.1 Å². The lowest BCUT2D eigenvalue weighted by Gasteiger charge is -2.11. The molecule has 0 aliphatic rings. The van der Waals surface area contributed by atoms with Gasteiger partial charge in [0.1, 0.15) is 0 Å². The lowest BCUT2D eigenvalue weighted by molar-refractivity contribution is 0.0657. The fraction of sp³-hybridized carbons (Fsp3) is 0.571. The first-order chi connectivity index (χ1) is 7.58. The molecule has 0 aliphatic carbocycles. The molecule has 1 rings (SSSR count). The van der Waals surface area contributed by atoms with Gasteiger partial charge in [0.15, 0.2) is 0 Å². The van der Waals surface area contributed by atoms with Gasteiger partial charge in [0.2, 0.25) is 0 Å². The average Bonchev–Trinajstić information content (AvgIpc) is 2.24. The standard InChI is InChI=1S/C14H23NO.ClH/c1-11(2)9-15-14-7-5-6-13(8-14)10-16-12(3)4;/h5-8,11-12,15H,9-10H2,1-4H3;1H. The lowest BCUT2D eigenvalue weighted by atomic mass is 10.2. The summed E-state index contributed by atoms with van der Waals surface area (Å²) in [4.78, 5) is 0. The van der Waals surface area contributed by atoms with E-state index in [-0.39, 0.29) is 18.5 Å². The Hall–Kier alpha value is -0.730. The Morgan fingerprint density at radius 1 is 1.18 bits per heavy atom. The Labute approximate surface area is 111 Å². The summed E-state index contributed by atoms with van der Waals surface area (Å²) in [6.07, 6.45) is 0.285. The minimum absolute atomic E-state index is 0. The van der Waals surface area contributed by atoms with Crippen LogP contribution in [-0.4, -0.2) is 12.6 Å². The maximum atomic E-state index is 5.58. The molecule has 0 aromatic heterocycles. The number of halogens is 1. The van der Waals surface area contributed by atoms with Crippen LogP contribution >= 0.6 is 12.4 Å². The van der Waals surface area contributed by atoms with Gasteiger partial charge < -0.3 is 10.1 Å². The molecular formula is C14H24ClNO. The average molecular weight is 258 g/mol. The highest BCUT2D eigenvalue weighted by Gasteiger charge is 1.99. The minimum atomic E-state index is 0. The maximum Gasteiger partial charge on any atom is 0.0721 e. The molecule has 0 bridgehead atoms. The van der Waals surface area contributed by atoms with Gasteiger partial charge in [0, 0.05) is 12.2 Å². The van der Waals surface area contributed by atoms with Crippen LogP contribution in [-0.2, 0) is 11.3 Å². The summed E-state index contributed by atoms with van der Waals surface area (Å²) >= 11 is 0. The van der Waals surface area contributed by atoms with Crippen molar-refractivity contribution in [3.05, 3.63) is 29.8 Å². The summed E-state index contributed by atoms with van der Waals surface area (Å²) in [5, 5.41) is 3.42. The maximum absolute atomic E-state index is 5.58. The van der Waals surface area contributed by atoms with E-state index >= 15 is 0 Å². The third-order valence-electron chi connectivity index (χ3n) is 2.22. The van der Waals surface area contributed by atoms with E-state index in [1.54, 1.807) is 0 Å². The minimum Gasteiger partial charge on any atom is -0.385 e. The van der Waals surface area contributed by atoms with Gasteiger partial charge in [-0.3, -0.25) is 0 Å². The fourth-order valence-corrected chi connectivity index (χ4v) is 1.36. The third kappa shape index (κ3) is 7.24. The van der Waals surface area contributed by atoms with Gasteiger partial charge in [0.25, 0.3) is 0 Å². The number of nitrogens with one attached hydrogen (secondary N) is 1. The number of anilines is 1. The summed E-state index contributed by atoms with van der Waals surface area (Å²) in [6, 6.07) is 8.43. The van der Waals surface area contributed by atoms with Gasteiger partial charge in [-0.25, -0.2) is 0 Å². The zero-order valence-electron chi connectivity index (χ0n) is 11.2. The number of benzene rings is 1. The van der Waals surface area contributed by atoms with Crippen molar-refractivity contribution in [3.8, 4) is 0 Å². The van der Waals surface area contributed by atoms with Gasteiger partial charge in [-0.2, -0.15) is 0 Å². The predicted octanol–water partition coefficient (Wildman–Crippen LogP) is 4.10. The molecule has 0 aliphatic heterocycles. The Balaban J connectivity index is 0.00000256. The van der Waals surface area contributed by atoms with Crippen molar-refractivity contribution in [2.75, 3.05) is 11.9 Å². The summed E-state index contributed by atoms with van der Waals surface area (Å²) < 4.78 is 5.58. The Kier molecular flexibility index (Phi) is 8.01. The molecule has 0 heterocycles. The first-order valence-electron chi connectivity index (χ1n) is 6.02. The highest BCUT2D eigenvalue weighted by Crippen LogP contribution is 2.12. The molecule has 17 heavy (non-hydrogen) atoms. The number of hydrogen-bond donors (Lipinski definition) is 1. The SMILES string of the molecule is CC(C)CNc1cccc(COC(C)C)c1.Cl. The van der Waals surface area contributed by atoms with Crippen LogP contribution in [0, 0.1) is 5.92 Å². The zero-order chi connectivity index (χ0) is 12.0. The topological polar surface area (TPSA) is 21.3 Å². The predicted molar refractivity (Wildman–Crippen MR) is 76.9 cm³/mol. The van der Waals surface area contributed by atoms with E-state index in [1.807, 2.05) is 0 Å². The van der Waals surface area contributed by atoms with E-state index in [0.717, 1.165) is 6.54 Å². The molecule has 1 aromatic carbocycles. The van der Waals surface area contributed by atoms with Crippen LogP contribution in [0.2, 0.25) is 0 Å². The van der Waals surface area contributed by atoms with E-state index in [2.05, 4.69) is 57.3 Å². The van der Waals surface area contributed by atoms with Crippen LogP contribution in [0.4, 0.5) is 5.69 Å². The number of ether oxygens (including phenoxy) is 1. The van der Waals surface area contributed by atoms with Crippen molar-refractivity contribution < 1.29 is 4.74 Å². The molecule has 98 valence electrons. The van der Waals surface area contributed by atoms with Gasteiger partial charge in [-0.1, -0.05) is 26.0 Å². The summed E-state index contributed by atoms with van der Waals surface area (Å²) in [7, 11) is 0. The molecular weight excluding hydrogens is 234 g/mol. The second-order valence-corrected chi connectivity index (χ2v) is 4.83. The summed E-state index contributed by atoms with van der Waals surface area (Å²) in [6.45, 7) is 10.2. The normalized spacial score (nSPS) is 10.5. The number of hydrogen-bond acceptors (Lipinski definition) is 2. The fourth-order valence-electron chi connectivity index (χ4n) is 1.36. The van der Waals surface area contributed by atoms with Crippen molar-refractivity contribution in [2.24, 2.45) is 5.92 Å². The molecule has 0 atom stereocenters. The molecule has 0 radical (unpaired) electrons. The molecule has 0 saturated heterocycles. The van der Waals surface area contributed by atoms with Gasteiger partial charge in [0.05, 0.1) is 12.7 Å². The van der Waals surface area contributed by atoms with Crippen LogP contribution in [0.3, 0.4) is 0 Å². The quantitative estimate of drug-likeness (QED) is 0.828. The van der Waals surface area contributed by atoms with Crippen LogP contribution in [0.15, 0.2) is 24.3 Å². The second-order valence-electron chi connectivity index (χ2n) is 4.83. The molecule has 0 spiro atoms. The first kappa shape index (κ1) is 16.3. The smallest absolute Gasteiger partial charge is 0.0721 e. The molecule has 2 nitrogen and oxygen atoms in total. The Morgan fingerprint density at radius 2 is 1.88 bits per heavy atom. The Bertz CT molecular complexity index is 286. The van der Waals surface area contributed by atoms with E-state index in [0.29, 0.717) is 12.5 Å². The van der Waals surface area contributed by atoms with E-state index in [1.165, 1.54) is 11.3 Å². The zero-order valence-corrected chi connectivity index (χ0v) is 12.0. The monoisotopic (exact) mass is 257 g/mol. The highest BCUT2D eigenvalue weighted by molar-refractivity contribution is 5.85. The van der Waals surface area contributed by atoms with Crippen molar-refractivity contribution in [2.45, 2.75) is 40.4 Å². The van der Waals surface area contributed by atoms with E-state index in [9.17, 15) is 0 Å². The van der Waals surface area contributed by atoms with Crippen molar-refractivity contribution in [3.63, 3.8) is 0 Å². The number of rotatable bonds is 6. The molecule has 0 amide bonds. The van der Waals surface area contributed by atoms with Gasteiger partial charge in [-0.05, 0) is 37.5 Å². The third-order valence-corrected chi connectivity index (χ3v) is 2.22. The lowest BCUT2D eigenvalue weighted by Crippen LogP contribution is -2.08. The summed E-state index contributed by atoms with van der Waals surface area (Å²) in [5.41, 5.74) is 2.40. The molecule has 1 aromatic rings. The first-order valence-corrected chi connectivity index (χ1v) is 6.02. The molecule has 1 N–H and O–H groups in total. The van der Waals surface area contributed by atoms with E-state index < -0.39 is 0 Å². The van der Waals surface area contributed by atoms with Crippen LogP contribution in [0.5, 0.6) is 0 Å². The largest absolute Gasteiger partial charge is 0.385 e. The van der Waals surface area contributed by atoms with Crippen molar-refractivity contribution in [1.82, 2.24) is 0 Å². The molecule has 0 fully saturated rings. The Morgan fingerprint density at radius 3 is 2.47 bits per heavy atom. The van der Waals surface area contributed by atoms with Gasteiger partial charge >= 0.3 is 0 Å². The van der Waals surface area contributed by atoms with Crippen molar-refractivity contribution in [1.29, 1.82) is 0 Å². The van der Waals surface area contributed by atoms with Crippen LogP contribution < -0.4 is 5.32 Å². The second kappa shape index (κ2) is 8.37. The van der Waals surface area contributed by atoms with E-state index in [4.69, 9.17) is 4.74 Å². The highest BCUT2D eigenvalue weighted by atomic mass is 35.5. The molecule has 0 unspecified atom stereocenters. The summed E-state index contributed by atoms with van der Waals surface area (Å²) in [5.74, 6) is 0.663. The van der Waals surface area contributed by atoms with Crippen LogP contribution in [0.25, 0.3) is 0 Å². The molecule has 0 saturated carbocycles.